The van der Waals surface area contributed by atoms with Crippen LogP contribution in [0.5, 0.6) is 5.75 Å². The van der Waals surface area contributed by atoms with E-state index in [2.05, 4.69) is 5.32 Å². The first kappa shape index (κ1) is 31.7. The molecule has 220 valence electrons. The minimum atomic E-state index is -4.14. The summed E-state index contributed by atoms with van der Waals surface area (Å²) in [6.07, 6.45) is 0. The highest BCUT2D eigenvalue weighted by atomic mass is 32.2. The van der Waals surface area contributed by atoms with Gasteiger partial charge >= 0.3 is 0 Å². The number of hydrogen-bond acceptors (Lipinski definition) is 5. The van der Waals surface area contributed by atoms with E-state index in [0.29, 0.717) is 24.6 Å². The molecule has 0 saturated carbocycles. The summed E-state index contributed by atoms with van der Waals surface area (Å²) in [4.78, 5) is 28.5. The van der Waals surface area contributed by atoms with Crippen LogP contribution in [0, 0.1) is 19.8 Å². The van der Waals surface area contributed by atoms with E-state index in [-0.39, 0.29) is 23.3 Å². The Morgan fingerprint density at radius 3 is 1.95 bits per heavy atom. The molecule has 3 aromatic carbocycles. The van der Waals surface area contributed by atoms with Gasteiger partial charge in [0.05, 0.1) is 17.2 Å². The summed E-state index contributed by atoms with van der Waals surface area (Å²) in [6, 6.07) is 20.0. The number of sulfonamides is 1. The van der Waals surface area contributed by atoms with Gasteiger partial charge in [0.25, 0.3) is 10.0 Å². The van der Waals surface area contributed by atoms with Crippen molar-refractivity contribution >= 4 is 27.5 Å². The first-order valence-corrected chi connectivity index (χ1v) is 15.3. The molecule has 0 saturated heterocycles. The Morgan fingerprint density at radius 2 is 1.41 bits per heavy atom. The highest BCUT2D eigenvalue weighted by Crippen LogP contribution is 2.26. The predicted molar refractivity (Wildman–Crippen MR) is 162 cm³/mol. The van der Waals surface area contributed by atoms with Crippen molar-refractivity contribution in [2.24, 2.45) is 5.92 Å². The zero-order chi connectivity index (χ0) is 30.2. The van der Waals surface area contributed by atoms with Gasteiger partial charge in [0.1, 0.15) is 18.3 Å². The van der Waals surface area contributed by atoms with E-state index in [1.54, 1.807) is 43.3 Å². The first-order valence-electron chi connectivity index (χ1n) is 13.9. The molecule has 41 heavy (non-hydrogen) atoms. The Bertz CT molecular complexity index is 1400. The zero-order valence-electron chi connectivity index (χ0n) is 24.8. The normalized spacial score (nSPS) is 12.1. The lowest BCUT2D eigenvalue weighted by Gasteiger charge is -2.32. The van der Waals surface area contributed by atoms with Gasteiger partial charge in [-0.25, -0.2) is 8.42 Å². The second-order valence-electron chi connectivity index (χ2n) is 10.6. The Labute approximate surface area is 244 Å². The molecular formula is C32H41N3O5S. The highest BCUT2D eigenvalue weighted by Gasteiger charge is 2.32. The lowest BCUT2D eigenvalue weighted by molar-refractivity contribution is -0.139. The van der Waals surface area contributed by atoms with Crippen LogP contribution in [-0.4, -0.2) is 50.9 Å². The average Bonchev–Trinajstić information content (AvgIpc) is 2.94. The fourth-order valence-corrected chi connectivity index (χ4v) is 5.58. The summed E-state index contributed by atoms with van der Waals surface area (Å²) in [6.45, 7) is 12.0. The van der Waals surface area contributed by atoms with Crippen molar-refractivity contribution < 1.29 is 22.7 Å². The molecule has 0 spiro atoms. The molecule has 8 nitrogen and oxygen atoms in total. The number of aryl methyl sites for hydroxylation is 2. The van der Waals surface area contributed by atoms with Crippen molar-refractivity contribution in [2.45, 2.75) is 59.0 Å². The number of ether oxygens (including phenoxy) is 1. The molecule has 0 aliphatic rings. The molecule has 2 amide bonds. The third-order valence-corrected chi connectivity index (χ3v) is 8.44. The quantitative estimate of drug-likeness (QED) is 0.305. The molecule has 3 rings (SSSR count). The average molecular weight is 580 g/mol. The van der Waals surface area contributed by atoms with E-state index < -0.39 is 28.5 Å². The summed E-state index contributed by atoms with van der Waals surface area (Å²) in [5, 5.41) is 2.90. The molecule has 9 heteroatoms. The van der Waals surface area contributed by atoms with Crippen LogP contribution in [0.3, 0.4) is 0 Å². The van der Waals surface area contributed by atoms with Crippen molar-refractivity contribution in [1.82, 2.24) is 10.2 Å². The van der Waals surface area contributed by atoms with Crippen LogP contribution in [0.2, 0.25) is 0 Å². The number of benzene rings is 3. The van der Waals surface area contributed by atoms with Crippen LogP contribution in [0.15, 0.2) is 77.7 Å². The van der Waals surface area contributed by atoms with E-state index in [1.165, 1.54) is 17.0 Å². The number of carbonyl (C=O) groups excluding carboxylic acids is 2. The third kappa shape index (κ3) is 8.57. The number of anilines is 1. The van der Waals surface area contributed by atoms with Gasteiger partial charge in [-0.15, -0.1) is 0 Å². The molecule has 0 heterocycles. The van der Waals surface area contributed by atoms with E-state index in [1.807, 2.05) is 58.9 Å². The maximum absolute atomic E-state index is 14.0. The third-order valence-electron chi connectivity index (χ3n) is 6.65. The lowest BCUT2D eigenvalue weighted by atomic mass is 10.1. The second-order valence-corrected chi connectivity index (χ2v) is 12.4. The molecule has 1 atom stereocenters. The van der Waals surface area contributed by atoms with Gasteiger partial charge in [-0.05, 0) is 75.6 Å². The lowest BCUT2D eigenvalue weighted by Crippen LogP contribution is -2.51. The number of amides is 2. The van der Waals surface area contributed by atoms with Crippen molar-refractivity contribution in [3.05, 3.63) is 89.5 Å². The van der Waals surface area contributed by atoms with Crippen LogP contribution in [0.1, 0.15) is 44.4 Å². The highest BCUT2D eigenvalue weighted by molar-refractivity contribution is 7.92. The summed E-state index contributed by atoms with van der Waals surface area (Å²) in [5.41, 5.74) is 3.21. The largest absolute Gasteiger partial charge is 0.494 e. The van der Waals surface area contributed by atoms with Gasteiger partial charge in [-0.1, -0.05) is 61.4 Å². The first-order chi connectivity index (χ1) is 19.4. The zero-order valence-corrected chi connectivity index (χ0v) is 25.6. The Balaban J connectivity index is 1.99. The maximum atomic E-state index is 14.0. The number of hydrogen-bond donors (Lipinski definition) is 1. The van der Waals surface area contributed by atoms with Crippen LogP contribution >= 0.6 is 0 Å². The molecule has 0 aliphatic carbocycles. The maximum Gasteiger partial charge on any atom is 0.264 e. The molecule has 3 aromatic rings. The monoisotopic (exact) mass is 579 g/mol. The van der Waals surface area contributed by atoms with Crippen LogP contribution in [0.4, 0.5) is 5.69 Å². The van der Waals surface area contributed by atoms with Crippen LogP contribution in [-0.2, 0) is 26.2 Å². The SMILES string of the molecule is CCOc1ccc(S(=O)(=O)N(CC(=O)N(Cc2ccc(C)cc2)[C@H](C)C(=O)NCC(C)C)c2ccc(C)cc2)cc1. The molecule has 0 fully saturated rings. The molecule has 1 N–H and O–H groups in total. The van der Waals surface area contributed by atoms with Gasteiger partial charge in [0.2, 0.25) is 11.8 Å². The minimum absolute atomic E-state index is 0.0298. The number of carbonyl (C=O) groups is 2. The van der Waals surface area contributed by atoms with Gasteiger partial charge < -0.3 is 15.0 Å². The van der Waals surface area contributed by atoms with Gasteiger partial charge in [0.15, 0.2) is 0 Å². The van der Waals surface area contributed by atoms with Gasteiger partial charge in [0, 0.05) is 13.1 Å². The Hall–Kier alpha value is -3.85. The molecule has 0 aromatic heterocycles. The van der Waals surface area contributed by atoms with Gasteiger partial charge in [-0.3, -0.25) is 13.9 Å². The fourth-order valence-electron chi connectivity index (χ4n) is 4.17. The summed E-state index contributed by atoms with van der Waals surface area (Å²) >= 11 is 0. The van der Waals surface area contributed by atoms with Gasteiger partial charge in [-0.2, -0.15) is 0 Å². The smallest absolute Gasteiger partial charge is 0.264 e. The van der Waals surface area contributed by atoms with Crippen molar-refractivity contribution in [3.8, 4) is 5.75 Å². The molecule has 0 unspecified atom stereocenters. The standard InChI is InChI=1S/C32H41N3O5S/c1-7-40-29-16-18-30(19-17-29)41(38,39)35(28-14-10-25(5)11-15-28)22-31(36)34(21-27-12-8-24(4)9-13-27)26(6)32(37)33-20-23(2)3/h8-19,23,26H,7,20-22H2,1-6H3,(H,33,37)/t26-/m1/s1. The topological polar surface area (TPSA) is 96.0 Å². The fraction of sp³-hybridized carbons (Fsp3) is 0.375. The van der Waals surface area contributed by atoms with Crippen molar-refractivity contribution in [1.29, 1.82) is 0 Å². The van der Waals surface area contributed by atoms with E-state index >= 15 is 0 Å². The summed E-state index contributed by atoms with van der Waals surface area (Å²) in [5.74, 6) is 0.00174. The molecule has 0 aliphatic heterocycles. The number of rotatable bonds is 13. The van der Waals surface area contributed by atoms with E-state index in [9.17, 15) is 18.0 Å². The number of nitrogens with one attached hydrogen (secondary N) is 1. The van der Waals surface area contributed by atoms with Crippen molar-refractivity contribution in [2.75, 3.05) is 24.0 Å². The molecular weight excluding hydrogens is 538 g/mol. The number of nitrogens with zero attached hydrogens (tertiary/aromatic N) is 2. The summed E-state index contributed by atoms with van der Waals surface area (Å²) in [7, 11) is -4.14. The van der Waals surface area contributed by atoms with Crippen LogP contribution in [0.25, 0.3) is 0 Å². The summed E-state index contributed by atoms with van der Waals surface area (Å²) < 4.78 is 34.5. The second kappa shape index (κ2) is 14.2. The minimum Gasteiger partial charge on any atom is -0.494 e. The predicted octanol–water partition coefficient (Wildman–Crippen LogP) is 5.09. The van der Waals surface area contributed by atoms with Crippen molar-refractivity contribution in [3.63, 3.8) is 0 Å². The Morgan fingerprint density at radius 1 is 0.854 bits per heavy atom. The molecule has 0 bridgehead atoms. The Kier molecular flexibility index (Phi) is 10.9. The molecule has 0 radical (unpaired) electrons. The van der Waals surface area contributed by atoms with E-state index in [4.69, 9.17) is 4.74 Å². The van der Waals surface area contributed by atoms with E-state index in [0.717, 1.165) is 21.0 Å². The van der Waals surface area contributed by atoms with Crippen LogP contribution < -0.4 is 14.4 Å².